The van der Waals surface area contributed by atoms with Crippen LogP contribution in [0.3, 0.4) is 0 Å². The van der Waals surface area contributed by atoms with Gasteiger partial charge in [0.15, 0.2) is 0 Å². The number of nitrogen functional groups attached to an aromatic ring is 1. The molecule has 0 aliphatic rings. The Kier molecular flexibility index (Phi) is 14.9. The second-order valence-corrected chi connectivity index (χ2v) is 8.38. The molecule has 0 spiro atoms. The van der Waals surface area contributed by atoms with Crippen LogP contribution < -0.4 is 11.1 Å². The molecule has 0 heterocycles. The molecular weight excluding hydrogens is 376 g/mol. The molecule has 1 rings (SSSR count). The molecule has 5 nitrogen and oxygen atoms in total. The average molecular weight is 421 g/mol. The fraction of sp³-hybridized carbons (Fsp3) is 0.720. The van der Waals surface area contributed by atoms with E-state index in [1.165, 1.54) is 39.2 Å². The van der Waals surface area contributed by atoms with Gasteiger partial charge < -0.3 is 20.9 Å². The lowest BCUT2D eigenvalue weighted by Crippen LogP contribution is -2.33. The number of ether oxygens (including phenoxy) is 1. The zero-order valence-corrected chi connectivity index (χ0v) is 19.2. The number of methoxy groups -OCH3 is 1. The number of nitrogens with one attached hydrogen (secondary N) is 1. The van der Waals surface area contributed by atoms with E-state index in [2.05, 4.69) is 17.0 Å². The van der Waals surface area contributed by atoms with Gasteiger partial charge in [-0.15, -0.1) is 0 Å². The van der Waals surface area contributed by atoms with Gasteiger partial charge in [0.25, 0.3) is 0 Å². The van der Waals surface area contributed by atoms with Crippen molar-refractivity contribution in [1.82, 2.24) is 0 Å². The second kappa shape index (κ2) is 17.0. The van der Waals surface area contributed by atoms with Gasteiger partial charge in [0.05, 0.1) is 19.3 Å². The van der Waals surface area contributed by atoms with Crippen LogP contribution >= 0.6 is 0 Å². The molecule has 5 heteroatoms. The van der Waals surface area contributed by atoms with Crippen molar-refractivity contribution >= 4 is 17.3 Å². The van der Waals surface area contributed by atoms with Crippen molar-refractivity contribution in [3.05, 3.63) is 24.3 Å². The largest absolute Gasteiger partial charge is 0.469 e. The number of aliphatic hydroxyl groups excluding tert-OH is 1. The van der Waals surface area contributed by atoms with Crippen LogP contribution in [-0.4, -0.2) is 30.3 Å². The summed E-state index contributed by atoms with van der Waals surface area (Å²) in [4.78, 5) is 11.2. The summed E-state index contributed by atoms with van der Waals surface area (Å²) in [6, 6.07) is 7.79. The summed E-state index contributed by atoms with van der Waals surface area (Å²) in [5.41, 5.74) is 7.55. The maximum absolute atomic E-state index is 11.2. The van der Waals surface area contributed by atoms with Gasteiger partial charge in [-0.25, -0.2) is 0 Å². The van der Waals surface area contributed by atoms with E-state index in [0.29, 0.717) is 6.42 Å². The highest BCUT2D eigenvalue weighted by molar-refractivity contribution is 5.68. The molecule has 30 heavy (non-hydrogen) atoms. The molecule has 0 aliphatic heterocycles. The number of unbranched alkanes of at least 4 members (excludes halogenated alkanes) is 9. The number of carbonyl (C=O) groups excluding carboxylic acids is 1. The van der Waals surface area contributed by atoms with Crippen LogP contribution in [0, 0.1) is 0 Å². The van der Waals surface area contributed by atoms with Gasteiger partial charge in [0, 0.05) is 17.8 Å². The van der Waals surface area contributed by atoms with Gasteiger partial charge in [-0.3, -0.25) is 4.79 Å². The standard InChI is InChI=1S/C25H44N2O3/c1-3-4-5-6-9-12-15-24(28)23(27-22-19-17-21(26)18-20-22)14-11-8-7-10-13-16-25(29)30-2/h17-20,23-24,27-28H,3-16,26H2,1-2H3. The predicted molar refractivity (Wildman–Crippen MR) is 127 cm³/mol. The number of nitrogens with two attached hydrogens (primary N) is 1. The molecule has 0 aromatic heterocycles. The molecule has 2 atom stereocenters. The SMILES string of the molecule is CCCCCCCCC(O)C(CCCCCCCC(=O)OC)Nc1ccc(N)cc1. The molecule has 4 N–H and O–H groups in total. The highest BCUT2D eigenvalue weighted by atomic mass is 16.5. The van der Waals surface area contributed by atoms with E-state index in [1.54, 1.807) is 0 Å². The number of rotatable bonds is 18. The van der Waals surface area contributed by atoms with Crippen molar-refractivity contribution < 1.29 is 14.6 Å². The van der Waals surface area contributed by atoms with Gasteiger partial charge in [-0.05, 0) is 43.5 Å². The van der Waals surface area contributed by atoms with Crippen molar-refractivity contribution in [1.29, 1.82) is 0 Å². The molecule has 0 radical (unpaired) electrons. The summed E-state index contributed by atoms with van der Waals surface area (Å²) in [6.45, 7) is 2.23. The summed E-state index contributed by atoms with van der Waals surface area (Å²) in [5, 5.41) is 14.3. The van der Waals surface area contributed by atoms with E-state index in [4.69, 9.17) is 5.73 Å². The minimum absolute atomic E-state index is 0.0549. The van der Waals surface area contributed by atoms with Crippen LogP contribution in [0.5, 0.6) is 0 Å². The minimum Gasteiger partial charge on any atom is -0.469 e. The zero-order valence-electron chi connectivity index (χ0n) is 19.2. The Morgan fingerprint density at radius 1 is 0.933 bits per heavy atom. The topological polar surface area (TPSA) is 84.6 Å². The number of carbonyl (C=O) groups is 1. The maximum Gasteiger partial charge on any atom is 0.305 e. The summed E-state index contributed by atoms with van der Waals surface area (Å²) < 4.78 is 4.68. The van der Waals surface area contributed by atoms with Crippen LogP contribution in [0.1, 0.15) is 96.8 Å². The van der Waals surface area contributed by atoms with Crippen molar-refractivity contribution in [3.63, 3.8) is 0 Å². The third kappa shape index (κ3) is 12.7. The lowest BCUT2D eigenvalue weighted by Gasteiger charge is -2.25. The van der Waals surface area contributed by atoms with Gasteiger partial charge in [0.1, 0.15) is 0 Å². The fourth-order valence-electron chi connectivity index (χ4n) is 3.76. The Bertz CT molecular complexity index is 548. The maximum atomic E-state index is 11.2. The summed E-state index contributed by atoms with van der Waals surface area (Å²) in [5.74, 6) is -0.124. The van der Waals surface area contributed by atoms with Gasteiger partial charge in [-0.2, -0.15) is 0 Å². The quantitative estimate of drug-likeness (QED) is 0.153. The fourth-order valence-corrected chi connectivity index (χ4v) is 3.76. The highest BCUT2D eigenvalue weighted by Crippen LogP contribution is 2.20. The molecule has 0 saturated carbocycles. The Balaban J connectivity index is 2.38. The number of anilines is 2. The molecule has 0 fully saturated rings. The van der Waals surface area contributed by atoms with E-state index < -0.39 is 0 Å². The van der Waals surface area contributed by atoms with Gasteiger partial charge in [0.2, 0.25) is 0 Å². The molecule has 1 aromatic rings. The monoisotopic (exact) mass is 420 g/mol. The first kappa shape index (κ1) is 26.3. The van der Waals surface area contributed by atoms with Crippen LogP contribution in [0.2, 0.25) is 0 Å². The molecule has 0 bridgehead atoms. The predicted octanol–water partition coefficient (Wildman–Crippen LogP) is 6.06. The van der Waals surface area contributed by atoms with E-state index in [-0.39, 0.29) is 18.1 Å². The van der Waals surface area contributed by atoms with E-state index in [0.717, 1.165) is 62.7 Å². The average Bonchev–Trinajstić information content (AvgIpc) is 2.75. The van der Waals surface area contributed by atoms with Crippen molar-refractivity contribution in [3.8, 4) is 0 Å². The van der Waals surface area contributed by atoms with E-state index in [1.807, 2.05) is 24.3 Å². The number of hydrogen-bond acceptors (Lipinski definition) is 5. The number of aliphatic hydroxyl groups is 1. The van der Waals surface area contributed by atoms with Gasteiger partial charge >= 0.3 is 5.97 Å². The Labute approximate surface area is 183 Å². The second-order valence-electron chi connectivity index (χ2n) is 8.38. The summed E-state index contributed by atoms with van der Waals surface area (Å²) >= 11 is 0. The summed E-state index contributed by atoms with van der Waals surface area (Å²) in [6.07, 6.45) is 14.6. The van der Waals surface area contributed by atoms with Crippen LogP contribution in [-0.2, 0) is 9.53 Å². The Morgan fingerprint density at radius 3 is 2.13 bits per heavy atom. The number of esters is 1. The van der Waals surface area contributed by atoms with Crippen molar-refractivity contribution in [2.45, 2.75) is 109 Å². The first-order valence-electron chi connectivity index (χ1n) is 11.9. The first-order valence-corrected chi connectivity index (χ1v) is 11.9. The summed E-state index contributed by atoms with van der Waals surface area (Å²) in [7, 11) is 1.44. The third-order valence-corrected chi connectivity index (χ3v) is 5.70. The molecular formula is C25H44N2O3. The highest BCUT2D eigenvalue weighted by Gasteiger charge is 2.18. The normalized spacial score (nSPS) is 13.0. The Hall–Kier alpha value is -1.75. The van der Waals surface area contributed by atoms with Gasteiger partial charge in [-0.1, -0.05) is 71.1 Å². The Morgan fingerprint density at radius 2 is 1.50 bits per heavy atom. The molecule has 1 aromatic carbocycles. The van der Waals surface area contributed by atoms with Crippen LogP contribution in [0.4, 0.5) is 11.4 Å². The lowest BCUT2D eigenvalue weighted by molar-refractivity contribution is -0.140. The third-order valence-electron chi connectivity index (χ3n) is 5.70. The first-order chi connectivity index (χ1) is 14.6. The van der Waals surface area contributed by atoms with Crippen LogP contribution in [0.15, 0.2) is 24.3 Å². The van der Waals surface area contributed by atoms with Crippen LogP contribution in [0.25, 0.3) is 0 Å². The molecule has 0 aliphatic carbocycles. The number of benzene rings is 1. The zero-order chi connectivity index (χ0) is 22.0. The smallest absolute Gasteiger partial charge is 0.305 e. The van der Waals surface area contributed by atoms with Crippen molar-refractivity contribution in [2.75, 3.05) is 18.2 Å². The number of hydrogen-bond donors (Lipinski definition) is 3. The lowest BCUT2D eigenvalue weighted by atomic mass is 9.97. The molecule has 172 valence electrons. The van der Waals surface area contributed by atoms with E-state index >= 15 is 0 Å². The molecule has 2 unspecified atom stereocenters. The van der Waals surface area contributed by atoms with Crippen molar-refractivity contribution in [2.24, 2.45) is 0 Å². The molecule has 0 saturated heterocycles. The molecule has 0 amide bonds. The van der Waals surface area contributed by atoms with E-state index in [9.17, 15) is 9.90 Å². The minimum atomic E-state index is -0.340.